The van der Waals surface area contributed by atoms with E-state index in [9.17, 15) is 19.5 Å². The molecule has 2 aromatic carbocycles. The molecule has 0 saturated carbocycles. The van der Waals surface area contributed by atoms with Crippen LogP contribution in [0.3, 0.4) is 0 Å². The van der Waals surface area contributed by atoms with Crippen LogP contribution < -0.4 is 5.32 Å². The Balaban J connectivity index is 1.30. The molecule has 0 bridgehead atoms. The molecule has 2 amide bonds. The van der Waals surface area contributed by atoms with Gasteiger partial charge in [0.2, 0.25) is 5.91 Å². The summed E-state index contributed by atoms with van der Waals surface area (Å²) < 4.78 is 5.62. The number of fused-ring (bicyclic) bond motifs is 3. The average molecular weight is 479 g/mol. The van der Waals surface area contributed by atoms with Gasteiger partial charge in [-0.1, -0.05) is 62.4 Å². The minimum absolute atomic E-state index is 0.00356. The Bertz CT molecular complexity index is 1060. The second-order valence-electron chi connectivity index (χ2n) is 10.5. The number of nitrogens with zero attached hydrogens (tertiary/aromatic N) is 1. The van der Waals surface area contributed by atoms with Crippen molar-refractivity contribution in [3.63, 3.8) is 0 Å². The number of carboxylic acids is 1. The van der Waals surface area contributed by atoms with Crippen LogP contribution in [0.5, 0.6) is 0 Å². The lowest BCUT2D eigenvalue weighted by Gasteiger charge is -2.45. The summed E-state index contributed by atoms with van der Waals surface area (Å²) in [5.74, 6) is -0.630. The first-order valence-corrected chi connectivity index (χ1v) is 12.3. The fraction of sp³-hybridized carbons (Fsp3) is 0.464. The third kappa shape index (κ3) is 5.34. The zero-order chi connectivity index (χ0) is 25.2. The third-order valence-corrected chi connectivity index (χ3v) is 7.10. The molecule has 7 heteroatoms. The second kappa shape index (κ2) is 10.1. The van der Waals surface area contributed by atoms with E-state index in [-0.39, 0.29) is 43.9 Å². The maximum Gasteiger partial charge on any atom is 0.407 e. The highest BCUT2D eigenvalue weighted by Crippen LogP contribution is 2.44. The minimum atomic E-state index is -0.878. The number of carbonyl (C=O) groups excluding carboxylic acids is 2. The largest absolute Gasteiger partial charge is 0.481 e. The van der Waals surface area contributed by atoms with Crippen molar-refractivity contribution in [1.29, 1.82) is 0 Å². The Morgan fingerprint density at radius 3 is 2.17 bits per heavy atom. The van der Waals surface area contributed by atoms with Crippen molar-refractivity contribution in [2.24, 2.45) is 17.3 Å². The van der Waals surface area contributed by atoms with Crippen molar-refractivity contribution in [3.8, 4) is 11.1 Å². The van der Waals surface area contributed by atoms with E-state index in [0.29, 0.717) is 12.5 Å². The minimum Gasteiger partial charge on any atom is -0.481 e. The molecular formula is C28H34N2O5. The number of hydrogen-bond acceptors (Lipinski definition) is 4. The quantitative estimate of drug-likeness (QED) is 0.553. The van der Waals surface area contributed by atoms with Crippen molar-refractivity contribution >= 4 is 18.0 Å². The van der Waals surface area contributed by atoms with Gasteiger partial charge in [-0.25, -0.2) is 4.79 Å². The molecule has 35 heavy (non-hydrogen) atoms. The van der Waals surface area contributed by atoms with E-state index < -0.39 is 17.5 Å². The summed E-state index contributed by atoms with van der Waals surface area (Å²) in [4.78, 5) is 38.2. The molecule has 1 aliphatic heterocycles. The van der Waals surface area contributed by atoms with Gasteiger partial charge in [-0.15, -0.1) is 0 Å². The highest BCUT2D eigenvalue weighted by atomic mass is 16.5. The highest BCUT2D eigenvalue weighted by molar-refractivity contribution is 5.83. The summed E-state index contributed by atoms with van der Waals surface area (Å²) in [5.41, 5.74) is 3.82. The molecule has 7 nitrogen and oxygen atoms in total. The van der Waals surface area contributed by atoms with Gasteiger partial charge < -0.3 is 20.1 Å². The summed E-state index contributed by atoms with van der Waals surface area (Å²) in [6, 6.07) is 16.4. The number of alkyl carbamates (subject to hydrolysis) is 1. The average Bonchev–Trinajstić information content (AvgIpc) is 3.12. The van der Waals surface area contributed by atoms with Gasteiger partial charge in [-0.3, -0.25) is 9.59 Å². The van der Waals surface area contributed by atoms with Gasteiger partial charge in [0.05, 0.1) is 5.41 Å². The van der Waals surface area contributed by atoms with Crippen molar-refractivity contribution in [2.75, 3.05) is 26.2 Å². The maximum absolute atomic E-state index is 12.7. The molecule has 186 valence electrons. The number of aliphatic carboxylic acids is 1. The van der Waals surface area contributed by atoms with Crippen LogP contribution in [-0.4, -0.2) is 54.2 Å². The standard InChI is InChI=1S/C28H34N2O5/c1-18(2)12-19(13-25(31)30-16-28(3,17-30)26(32)33)14-29-27(34)35-15-24-22-10-6-4-8-20(22)21-9-5-7-11-23(21)24/h4-11,18-19,24H,12-17H2,1-3H3,(H,29,34)(H,32,33). The molecule has 4 rings (SSSR count). The molecule has 2 N–H and O–H groups in total. The number of rotatable bonds is 9. The first kappa shape index (κ1) is 24.8. The van der Waals surface area contributed by atoms with Crippen LogP contribution in [0.25, 0.3) is 11.1 Å². The predicted octanol–water partition coefficient (Wildman–Crippen LogP) is 4.51. The van der Waals surface area contributed by atoms with E-state index in [4.69, 9.17) is 4.74 Å². The van der Waals surface area contributed by atoms with Crippen molar-refractivity contribution in [3.05, 3.63) is 59.7 Å². The summed E-state index contributed by atoms with van der Waals surface area (Å²) >= 11 is 0. The predicted molar refractivity (Wildman–Crippen MR) is 133 cm³/mol. The van der Waals surface area contributed by atoms with E-state index in [1.807, 2.05) is 24.3 Å². The number of benzene rings is 2. The number of amides is 2. The molecule has 1 heterocycles. The SMILES string of the molecule is CC(C)CC(CNC(=O)OCC1c2ccccc2-c2ccccc21)CC(=O)N1CC(C)(C(=O)O)C1. The molecule has 0 aromatic heterocycles. The van der Waals surface area contributed by atoms with E-state index in [2.05, 4.69) is 43.4 Å². The molecule has 1 fully saturated rings. The Labute approximate surface area is 206 Å². The van der Waals surface area contributed by atoms with Crippen LogP contribution in [0.4, 0.5) is 4.79 Å². The smallest absolute Gasteiger partial charge is 0.407 e. The highest BCUT2D eigenvalue weighted by Gasteiger charge is 2.47. The third-order valence-electron chi connectivity index (χ3n) is 7.10. The molecule has 1 saturated heterocycles. The molecule has 1 aliphatic carbocycles. The Morgan fingerprint density at radius 1 is 1.06 bits per heavy atom. The van der Waals surface area contributed by atoms with Gasteiger partial charge >= 0.3 is 12.1 Å². The van der Waals surface area contributed by atoms with Gasteiger partial charge in [-0.05, 0) is 47.4 Å². The molecule has 1 atom stereocenters. The van der Waals surface area contributed by atoms with Crippen LogP contribution >= 0.6 is 0 Å². The van der Waals surface area contributed by atoms with Gasteiger partial charge in [0.1, 0.15) is 6.61 Å². The van der Waals surface area contributed by atoms with Crippen LogP contribution in [0.15, 0.2) is 48.5 Å². The van der Waals surface area contributed by atoms with Crippen LogP contribution in [-0.2, 0) is 14.3 Å². The Kier molecular flexibility index (Phi) is 7.15. The van der Waals surface area contributed by atoms with Gasteiger partial charge in [0.25, 0.3) is 0 Å². The summed E-state index contributed by atoms with van der Waals surface area (Å²) in [7, 11) is 0. The van der Waals surface area contributed by atoms with Gasteiger partial charge in [0, 0.05) is 32.0 Å². The zero-order valence-corrected chi connectivity index (χ0v) is 20.6. The fourth-order valence-corrected chi connectivity index (χ4v) is 5.27. The first-order valence-electron chi connectivity index (χ1n) is 12.3. The van der Waals surface area contributed by atoms with Crippen molar-refractivity contribution in [2.45, 2.75) is 39.5 Å². The maximum atomic E-state index is 12.7. The lowest BCUT2D eigenvalue weighted by molar-refractivity contribution is -0.164. The number of carboxylic acid groups (broad SMARTS) is 1. The van der Waals surface area contributed by atoms with Crippen LogP contribution in [0.2, 0.25) is 0 Å². The lowest BCUT2D eigenvalue weighted by atomic mass is 9.81. The number of nitrogens with one attached hydrogen (secondary N) is 1. The van der Waals surface area contributed by atoms with E-state index in [0.717, 1.165) is 17.5 Å². The number of ether oxygens (including phenoxy) is 1. The molecule has 1 unspecified atom stereocenters. The van der Waals surface area contributed by atoms with Gasteiger partial charge in [0.15, 0.2) is 0 Å². The zero-order valence-electron chi connectivity index (χ0n) is 20.6. The van der Waals surface area contributed by atoms with Crippen molar-refractivity contribution in [1.82, 2.24) is 10.2 Å². The first-order chi connectivity index (χ1) is 16.7. The molecule has 2 aliphatic rings. The number of likely N-dealkylation sites (tertiary alicyclic amines) is 1. The number of carbonyl (C=O) groups is 3. The summed E-state index contributed by atoms with van der Waals surface area (Å²) in [5, 5.41) is 12.1. The van der Waals surface area contributed by atoms with Crippen molar-refractivity contribution < 1.29 is 24.2 Å². The fourth-order valence-electron chi connectivity index (χ4n) is 5.27. The molecular weight excluding hydrogens is 444 g/mol. The monoisotopic (exact) mass is 478 g/mol. The van der Waals surface area contributed by atoms with Gasteiger partial charge in [-0.2, -0.15) is 0 Å². The van der Waals surface area contributed by atoms with Crippen LogP contribution in [0, 0.1) is 17.3 Å². The summed E-state index contributed by atoms with van der Waals surface area (Å²) in [6.07, 6.45) is 0.562. The number of hydrogen-bond donors (Lipinski definition) is 2. The Morgan fingerprint density at radius 2 is 1.63 bits per heavy atom. The summed E-state index contributed by atoms with van der Waals surface area (Å²) in [6.45, 7) is 6.86. The second-order valence-corrected chi connectivity index (χ2v) is 10.5. The topological polar surface area (TPSA) is 95.9 Å². The van der Waals surface area contributed by atoms with E-state index in [1.54, 1.807) is 11.8 Å². The molecule has 0 spiro atoms. The van der Waals surface area contributed by atoms with Crippen LogP contribution in [0.1, 0.15) is 50.7 Å². The lowest BCUT2D eigenvalue weighted by Crippen LogP contribution is -2.60. The van der Waals surface area contributed by atoms with E-state index in [1.165, 1.54) is 11.1 Å². The molecule has 0 radical (unpaired) electrons. The normalized spacial score (nSPS) is 16.7. The molecule has 2 aromatic rings. The Hall–Kier alpha value is -3.35. The van der Waals surface area contributed by atoms with E-state index >= 15 is 0 Å².